The van der Waals surface area contributed by atoms with Crippen LogP contribution in [0.1, 0.15) is 39.0 Å². The summed E-state index contributed by atoms with van der Waals surface area (Å²) in [5.74, 6) is 4.85. The standard InChI is InChI=1S/C11H22N2O3/c1-2-5-10(11(14)13-12)16-8-9-6-3-4-7-15-9/h9-10H,2-8,12H2,1H3,(H,13,14). The van der Waals surface area contributed by atoms with Crippen molar-refractivity contribution >= 4 is 5.91 Å². The molecule has 1 aliphatic rings. The summed E-state index contributed by atoms with van der Waals surface area (Å²) in [6.07, 6.45) is 4.59. The minimum Gasteiger partial charge on any atom is -0.376 e. The Morgan fingerprint density at radius 1 is 1.62 bits per heavy atom. The molecular formula is C11H22N2O3. The first-order valence-corrected chi connectivity index (χ1v) is 6.01. The molecule has 1 heterocycles. The highest BCUT2D eigenvalue weighted by Gasteiger charge is 2.20. The number of nitrogens with one attached hydrogen (secondary N) is 1. The largest absolute Gasteiger partial charge is 0.376 e. The third kappa shape index (κ3) is 4.47. The van der Waals surface area contributed by atoms with Crippen LogP contribution in [0.4, 0.5) is 0 Å². The first kappa shape index (κ1) is 13.4. The van der Waals surface area contributed by atoms with Gasteiger partial charge in [-0.25, -0.2) is 5.84 Å². The van der Waals surface area contributed by atoms with Gasteiger partial charge in [-0.3, -0.25) is 10.2 Å². The fourth-order valence-electron chi connectivity index (χ4n) is 1.81. The smallest absolute Gasteiger partial charge is 0.262 e. The van der Waals surface area contributed by atoms with Crippen LogP contribution in [0.2, 0.25) is 0 Å². The minimum atomic E-state index is -0.444. The molecule has 1 amide bonds. The van der Waals surface area contributed by atoms with Gasteiger partial charge < -0.3 is 9.47 Å². The summed E-state index contributed by atoms with van der Waals surface area (Å²) in [7, 11) is 0. The number of rotatable bonds is 6. The molecule has 0 bridgehead atoms. The van der Waals surface area contributed by atoms with E-state index < -0.39 is 6.10 Å². The first-order chi connectivity index (χ1) is 7.77. The lowest BCUT2D eigenvalue weighted by Gasteiger charge is -2.24. The van der Waals surface area contributed by atoms with Gasteiger partial charge in [-0.2, -0.15) is 0 Å². The fourth-order valence-corrected chi connectivity index (χ4v) is 1.81. The number of carbonyl (C=O) groups excluding carboxylic acids is 1. The van der Waals surface area contributed by atoms with Gasteiger partial charge in [-0.05, 0) is 25.7 Å². The van der Waals surface area contributed by atoms with Crippen molar-refractivity contribution in [3.63, 3.8) is 0 Å². The van der Waals surface area contributed by atoms with E-state index in [0.717, 1.165) is 25.9 Å². The van der Waals surface area contributed by atoms with Crippen LogP contribution in [0.15, 0.2) is 0 Å². The molecule has 0 aromatic carbocycles. The second-order valence-corrected chi connectivity index (χ2v) is 4.11. The average molecular weight is 230 g/mol. The summed E-state index contributed by atoms with van der Waals surface area (Å²) >= 11 is 0. The van der Waals surface area contributed by atoms with Gasteiger partial charge in [0, 0.05) is 6.61 Å². The van der Waals surface area contributed by atoms with Crippen LogP contribution in [0.25, 0.3) is 0 Å². The van der Waals surface area contributed by atoms with E-state index in [1.54, 1.807) is 0 Å². The normalized spacial score (nSPS) is 22.8. The molecule has 5 heteroatoms. The van der Waals surface area contributed by atoms with Crippen molar-refractivity contribution in [3.05, 3.63) is 0 Å². The summed E-state index contributed by atoms with van der Waals surface area (Å²) in [5.41, 5.74) is 2.13. The molecule has 0 aromatic rings. The molecule has 1 rings (SSSR count). The zero-order chi connectivity index (χ0) is 11.8. The van der Waals surface area contributed by atoms with E-state index in [0.29, 0.717) is 13.0 Å². The lowest BCUT2D eigenvalue weighted by molar-refractivity contribution is -0.137. The average Bonchev–Trinajstić information content (AvgIpc) is 2.34. The second-order valence-electron chi connectivity index (χ2n) is 4.11. The summed E-state index contributed by atoms with van der Waals surface area (Å²) in [6, 6.07) is 0. The van der Waals surface area contributed by atoms with Gasteiger partial charge in [0.25, 0.3) is 5.91 Å². The van der Waals surface area contributed by atoms with E-state index in [4.69, 9.17) is 15.3 Å². The molecule has 0 aromatic heterocycles. The number of ether oxygens (including phenoxy) is 2. The van der Waals surface area contributed by atoms with E-state index in [2.05, 4.69) is 5.43 Å². The van der Waals surface area contributed by atoms with Crippen LogP contribution in [-0.2, 0) is 14.3 Å². The highest BCUT2D eigenvalue weighted by atomic mass is 16.5. The topological polar surface area (TPSA) is 73.6 Å². The molecule has 0 saturated carbocycles. The molecule has 2 atom stereocenters. The maximum atomic E-state index is 11.4. The van der Waals surface area contributed by atoms with Crippen molar-refractivity contribution in [2.45, 2.75) is 51.2 Å². The number of hydrogen-bond donors (Lipinski definition) is 2. The van der Waals surface area contributed by atoms with E-state index in [1.165, 1.54) is 6.42 Å². The van der Waals surface area contributed by atoms with Gasteiger partial charge in [0.05, 0.1) is 12.7 Å². The molecule has 2 unspecified atom stereocenters. The molecule has 1 aliphatic heterocycles. The Morgan fingerprint density at radius 3 is 3.00 bits per heavy atom. The lowest BCUT2D eigenvalue weighted by atomic mass is 10.1. The molecule has 0 aliphatic carbocycles. The Hall–Kier alpha value is -0.650. The second kappa shape index (κ2) is 7.60. The summed E-state index contributed by atoms with van der Waals surface area (Å²) in [6.45, 7) is 3.30. The van der Waals surface area contributed by atoms with Crippen molar-refractivity contribution < 1.29 is 14.3 Å². The Balaban J connectivity index is 2.27. The number of hydrogen-bond acceptors (Lipinski definition) is 4. The highest BCUT2D eigenvalue weighted by molar-refractivity contribution is 5.80. The monoisotopic (exact) mass is 230 g/mol. The van der Waals surface area contributed by atoms with Gasteiger partial charge in [-0.15, -0.1) is 0 Å². The van der Waals surface area contributed by atoms with Gasteiger partial charge in [0.2, 0.25) is 0 Å². The van der Waals surface area contributed by atoms with E-state index in [-0.39, 0.29) is 12.0 Å². The van der Waals surface area contributed by atoms with Gasteiger partial charge >= 0.3 is 0 Å². The Labute approximate surface area is 96.6 Å². The Kier molecular flexibility index (Phi) is 6.37. The predicted molar refractivity (Wildman–Crippen MR) is 60.6 cm³/mol. The van der Waals surface area contributed by atoms with Crippen LogP contribution in [0, 0.1) is 0 Å². The summed E-state index contributed by atoms with van der Waals surface area (Å²) in [4.78, 5) is 11.4. The van der Waals surface area contributed by atoms with Crippen LogP contribution >= 0.6 is 0 Å². The molecule has 94 valence electrons. The maximum absolute atomic E-state index is 11.4. The molecule has 3 N–H and O–H groups in total. The molecule has 16 heavy (non-hydrogen) atoms. The van der Waals surface area contributed by atoms with Crippen LogP contribution in [0.3, 0.4) is 0 Å². The van der Waals surface area contributed by atoms with E-state index in [9.17, 15) is 4.79 Å². The van der Waals surface area contributed by atoms with Gasteiger partial charge in [0.15, 0.2) is 0 Å². The van der Waals surface area contributed by atoms with Crippen LogP contribution in [-0.4, -0.2) is 31.3 Å². The summed E-state index contributed by atoms with van der Waals surface area (Å²) in [5, 5.41) is 0. The molecule has 1 saturated heterocycles. The van der Waals surface area contributed by atoms with Crippen molar-refractivity contribution in [2.24, 2.45) is 5.84 Å². The highest BCUT2D eigenvalue weighted by Crippen LogP contribution is 2.14. The number of hydrazine groups is 1. The molecule has 0 spiro atoms. The summed E-state index contributed by atoms with van der Waals surface area (Å²) < 4.78 is 11.1. The zero-order valence-electron chi connectivity index (χ0n) is 9.91. The molecular weight excluding hydrogens is 208 g/mol. The number of carbonyl (C=O) groups is 1. The SMILES string of the molecule is CCCC(OCC1CCCCO1)C(=O)NN. The predicted octanol–water partition coefficient (Wildman–Crippen LogP) is 0.731. The number of nitrogens with two attached hydrogens (primary N) is 1. The fraction of sp³-hybridized carbons (Fsp3) is 0.909. The van der Waals surface area contributed by atoms with Crippen molar-refractivity contribution in [3.8, 4) is 0 Å². The quantitative estimate of drug-likeness (QED) is 0.401. The molecule has 1 fully saturated rings. The van der Waals surface area contributed by atoms with Crippen molar-refractivity contribution in [2.75, 3.05) is 13.2 Å². The Bertz CT molecular complexity index is 205. The van der Waals surface area contributed by atoms with Crippen molar-refractivity contribution in [1.29, 1.82) is 0 Å². The van der Waals surface area contributed by atoms with E-state index >= 15 is 0 Å². The third-order valence-corrected chi connectivity index (χ3v) is 2.74. The Morgan fingerprint density at radius 2 is 2.44 bits per heavy atom. The van der Waals surface area contributed by atoms with Gasteiger partial charge in [-0.1, -0.05) is 13.3 Å². The third-order valence-electron chi connectivity index (χ3n) is 2.74. The van der Waals surface area contributed by atoms with Crippen LogP contribution < -0.4 is 11.3 Å². The molecule has 0 radical (unpaired) electrons. The van der Waals surface area contributed by atoms with Gasteiger partial charge in [0.1, 0.15) is 6.10 Å². The maximum Gasteiger partial charge on any atom is 0.262 e. The van der Waals surface area contributed by atoms with Crippen molar-refractivity contribution in [1.82, 2.24) is 5.43 Å². The zero-order valence-corrected chi connectivity index (χ0v) is 9.91. The lowest BCUT2D eigenvalue weighted by Crippen LogP contribution is -2.41. The number of amides is 1. The molecule has 5 nitrogen and oxygen atoms in total. The van der Waals surface area contributed by atoms with Crippen LogP contribution in [0.5, 0.6) is 0 Å². The minimum absolute atomic E-state index is 0.138. The first-order valence-electron chi connectivity index (χ1n) is 6.01. The van der Waals surface area contributed by atoms with E-state index in [1.807, 2.05) is 6.92 Å².